The Kier molecular flexibility index (Phi) is 3.46. The van der Waals surface area contributed by atoms with E-state index in [2.05, 4.69) is 13.8 Å². The van der Waals surface area contributed by atoms with Crippen molar-refractivity contribution in [1.29, 1.82) is 0 Å². The average Bonchev–Trinajstić information content (AvgIpc) is 2.75. The number of aliphatic hydroxyl groups is 3. The summed E-state index contributed by atoms with van der Waals surface area (Å²) in [5, 5.41) is 31.2. The van der Waals surface area contributed by atoms with Gasteiger partial charge in [-0.1, -0.05) is 13.8 Å². The van der Waals surface area contributed by atoms with Gasteiger partial charge in [-0.2, -0.15) is 0 Å². The van der Waals surface area contributed by atoms with Gasteiger partial charge in [0, 0.05) is 0 Å². The van der Waals surface area contributed by atoms with Gasteiger partial charge in [-0.3, -0.25) is 0 Å². The summed E-state index contributed by atoms with van der Waals surface area (Å²) < 4.78 is 0. The number of fused-ring (bicyclic) bond motifs is 5. The monoisotopic (exact) mass is 308 g/mol. The third-order valence-electron chi connectivity index (χ3n) is 8.40. The topological polar surface area (TPSA) is 60.7 Å². The summed E-state index contributed by atoms with van der Waals surface area (Å²) in [6.07, 6.45) is 7.42. The minimum Gasteiger partial charge on any atom is -0.393 e. The molecule has 3 nitrogen and oxygen atoms in total. The molecular formula is C19H32O3. The summed E-state index contributed by atoms with van der Waals surface area (Å²) in [5.41, 5.74) is 0.525. The lowest BCUT2D eigenvalue weighted by Gasteiger charge is -2.61. The summed E-state index contributed by atoms with van der Waals surface area (Å²) in [6.45, 7) is 4.77. The zero-order valence-corrected chi connectivity index (χ0v) is 14.0. The van der Waals surface area contributed by atoms with Gasteiger partial charge in [0.1, 0.15) is 0 Å². The summed E-state index contributed by atoms with van der Waals surface area (Å²) in [7, 11) is 0. The maximum atomic E-state index is 10.9. The highest BCUT2D eigenvalue weighted by atomic mass is 16.3. The van der Waals surface area contributed by atoms with E-state index in [4.69, 9.17) is 0 Å². The Morgan fingerprint density at radius 2 is 1.59 bits per heavy atom. The van der Waals surface area contributed by atoms with E-state index in [-0.39, 0.29) is 29.1 Å². The molecule has 0 radical (unpaired) electrons. The zero-order valence-electron chi connectivity index (χ0n) is 14.0. The van der Waals surface area contributed by atoms with Crippen LogP contribution in [0.2, 0.25) is 0 Å². The predicted octanol–water partition coefficient (Wildman–Crippen LogP) is 2.72. The molecule has 0 heterocycles. The van der Waals surface area contributed by atoms with Crippen molar-refractivity contribution in [3.63, 3.8) is 0 Å². The quantitative estimate of drug-likeness (QED) is 0.645. The van der Waals surface area contributed by atoms with Crippen LogP contribution in [0.15, 0.2) is 0 Å². The van der Waals surface area contributed by atoms with Crippen LogP contribution >= 0.6 is 0 Å². The van der Waals surface area contributed by atoms with Gasteiger partial charge in [0.05, 0.1) is 18.3 Å². The summed E-state index contributed by atoms with van der Waals surface area (Å²) >= 11 is 0. The molecule has 4 rings (SSSR count). The fraction of sp³-hybridized carbons (Fsp3) is 1.00. The molecule has 0 bridgehead atoms. The standard InChI is InChI=1S/C19H32O3/c1-18-5-4-14-17(15(18)9-13(21)10-18)16(22)8-11-7-12(20)3-6-19(11,14)2/h11-17,20-22H,3-10H2,1-2H3/t11-,12-,13+,14+,15+,16-,17-,18-,19+/m1/s1. The van der Waals surface area contributed by atoms with Crippen molar-refractivity contribution >= 4 is 0 Å². The molecule has 0 spiro atoms. The van der Waals surface area contributed by atoms with Gasteiger partial charge in [0.2, 0.25) is 0 Å². The van der Waals surface area contributed by atoms with E-state index < -0.39 is 0 Å². The lowest BCUT2D eigenvalue weighted by atomic mass is 9.44. The van der Waals surface area contributed by atoms with E-state index in [1.54, 1.807) is 0 Å². The minimum atomic E-state index is -0.233. The molecule has 0 amide bonds. The highest BCUT2D eigenvalue weighted by Crippen LogP contribution is 2.66. The Morgan fingerprint density at radius 3 is 2.36 bits per heavy atom. The Bertz CT molecular complexity index is 452. The molecule has 9 atom stereocenters. The van der Waals surface area contributed by atoms with E-state index in [0.717, 1.165) is 38.5 Å². The number of hydrogen-bond donors (Lipinski definition) is 3. The van der Waals surface area contributed by atoms with Gasteiger partial charge in [-0.15, -0.1) is 0 Å². The largest absolute Gasteiger partial charge is 0.393 e. The van der Waals surface area contributed by atoms with Crippen molar-refractivity contribution < 1.29 is 15.3 Å². The number of rotatable bonds is 0. The minimum absolute atomic E-state index is 0.163. The van der Waals surface area contributed by atoms with Gasteiger partial charge >= 0.3 is 0 Å². The first-order valence-electron chi connectivity index (χ1n) is 9.38. The first kappa shape index (κ1) is 15.4. The van der Waals surface area contributed by atoms with Gasteiger partial charge in [0.15, 0.2) is 0 Å². The molecule has 0 aromatic rings. The molecule has 126 valence electrons. The van der Waals surface area contributed by atoms with Gasteiger partial charge in [-0.05, 0) is 85.9 Å². The molecule has 0 saturated heterocycles. The molecule has 4 fully saturated rings. The number of aliphatic hydroxyl groups excluding tert-OH is 3. The second-order valence-corrected chi connectivity index (χ2v) is 9.51. The molecule has 3 heteroatoms. The van der Waals surface area contributed by atoms with Crippen LogP contribution in [0.1, 0.15) is 65.2 Å². The normalized spacial score (nSPS) is 61.2. The van der Waals surface area contributed by atoms with Crippen LogP contribution in [-0.4, -0.2) is 33.6 Å². The highest BCUT2D eigenvalue weighted by molar-refractivity contribution is 5.10. The SMILES string of the molecule is C[C@]12CC[C@H]3[C@@H]([C@H](O)C[C@H]4C[C@H](O)CC[C@@]43C)[C@@H]1C[C@H](O)C2. The van der Waals surface area contributed by atoms with Crippen molar-refractivity contribution in [2.75, 3.05) is 0 Å². The second-order valence-electron chi connectivity index (χ2n) is 9.51. The zero-order chi connectivity index (χ0) is 15.7. The van der Waals surface area contributed by atoms with Crippen LogP contribution in [-0.2, 0) is 0 Å². The third-order valence-corrected chi connectivity index (χ3v) is 8.40. The second kappa shape index (κ2) is 4.94. The molecule has 4 saturated carbocycles. The lowest BCUT2D eigenvalue weighted by molar-refractivity contribution is -0.168. The molecule has 0 aromatic carbocycles. The molecular weight excluding hydrogens is 276 g/mol. The predicted molar refractivity (Wildman–Crippen MR) is 85.1 cm³/mol. The van der Waals surface area contributed by atoms with Gasteiger partial charge in [-0.25, -0.2) is 0 Å². The molecule has 4 aliphatic rings. The Morgan fingerprint density at radius 1 is 0.818 bits per heavy atom. The van der Waals surface area contributed by atoms with Crippen LogP contribution in [0.25, 0.3) is 0 Å². The average molecular weight is 308 g/mol. The molecule has 22 heavy (non-hydrogen) atoms. The van der Waals surface area contributed by atoms with Crippen LogP contribution in [0.3, 0.4) is 0 Å². The smallest absolute Gasteiger partial charge is 0.0577 e. The maximum absolute atomic E-state index is 10.9. The van der Waals surface area contributed by atoms with E-state index in [1.165, 1.54) is 12.8 Å². The molecule has 0 unspecified atom stereocenters. The van der Waals surface area contributed by atoms with Gasteiger partial charge in [0.25, 0.3) is 0 Å². The molecule has 4 aliphatic carbocycles. The Hall–Kier alpha value is -0.120. The Balaban J connectivity index is 1.67. The fourth-order valence-electron chi connectivity index (χ4n) is 7.22. The first-order valence-corrected chi connectivity index (χ1v) is 9.38. The summed E-state index contributed by atoms with van der Waals surface area (Å²) in [6, 6.07) is 0. The lowest BCUT2D eigenvalue weighted by Crippen LogP contribution is -2.57. The van der Waals surface area contributed by atoms with Crippen molar-refractivity contribution in [1.82, 2.24) is 0 Å². The van der Waals surface area contributed by atoms with Gasteiger partial charge < -0.3 is 15.3 Å². The highest BCUT2D eigenvalue weighted by Gasteiger charge is 2.61. The van der Waals surface area contributed by atoms with Crippen molar-refractivity contribution in [2.45, 2.75) is 83.5 Å². The fourth-order valence-corrected chi connectivity index (χ4v) is 7.22. The van der Waals surface area contributed by atoms with Crippen LogP contribution in [0.5, 0.6) is 0 Å². The molecule has 3 N–H and O–H groups in total. The molecule has 0 aliphatic heterocycles. The molecule has 0 aromatic heterocycles. The van der Waals surface area contributed by atoms with Crippen LogP contribution in [0, 0.1) is 34.5 Å². The van der Waals surface area contributed by atoms with E-state index >= 15 is 0 Å². The first-order chi connectivity index (χ1) is 10.3. The Labute approximate surface area is 134 Å². The van der Waals surface area contributed by atoms with Crippen LogP contribution < -0.4 is 0 Å². The van der Waals surface area contributed by atoms with Crippen molar-refractivity contribution in [2.24, 2.45) is 34.5 Å². The van der Waals surface area contributed by atoms with E-state index in [9.17, 15) is 15.3 Å². The van der Waals surface area contributed by atoms with Crippen molar-refractivity contribution in [3.8, 4) is 0 Å². The summed E-state index contributed by atoms with van der Waals surface area (Å²) in [5.74, 6) is 1.91. The van der Waals surface area contributed by atoms with E-state index in [0.29, 0.717) is 23.7 Å². The number of hydrogen-bond acceptors (Lipinski definition) is 3. The summed E-state index contributed by atoms with van der Waals surface area (Å²) in [4.78, 5) is 0. The van der Waals surface area contributed by atoms with Crippen LogP contribution in [0.4, 0.5) is 0 Å². The van der Waals surface area contributed by atoms with E-state index in [1.807, 2.05) is 0 Å². The van der Waals surface area contributed by atoms with Crippen molar-refractivity contribution in [3.05, 3.63) is 0 Å². The maximum Gasteiger partial charge on any atom is 0.0577 e. The third kappa shape index (κ3) is 2.04.